The molecule has 2 rings (SSSR count). The van der Waals surface area contributed by atoms with Gasteiger partial charge < -0.3 is 15.0 Å². The Bertz CT molecular complexity index is 437. The maximum atomic E-state index is 12.4. The largest absolute Gasteiger partial charge is 0.383 e. The van der Waals surface area contributed by atoms with Crippen LogP contribution in [0.3, 0.4) is 0 Å². The summed E-state index contributed by atoms with van der Waals surface area (Å²) >= 11 is 0. The van der Waals surface area contributed by atoms with Crippen LogP contribution in [0, 0.1) is 22.7 Å². The zero-order chi connectivity index (χ0) is 15.3. The van der Waals surface area contributed by atoms with Crippen LogP contribution in [0.5, 0.6) is 0 Å². The van der Waals surface area contributed by atoms with Gasteiger partial charge in [0.2, 0.25) is 5.91 Å². The number of nitrogens with zero attached hydrogens (tertiary/aromatic N) is 3. The predicted octanol–water partition coefficient (Wildman–Crippen LogP) is 0.942. The number of rotatable bonds is 5. The summed E-state index contributed by atoms with van der Waals surface area (Å²) < 4.78 is 5.28. The van der Waals surface area contributed by atoms with Crippen LogP contribution >= 0.6 is 0 Å². The quantitative estimate of drug-likeness (QED) is 0.814. The van der Waals surface area contributed by atoms with Gasteiger partial charge in [0.15, 0.2) is 0 Å². The molecule has 0 radical (unpaired) electrons. The number of ether oxygens (including phenoxy) is 1. The minimum absolute atomic E-state index is 0.131. The van der Waals surface area contributed by atoms with Crippen LogP contribution in [-0.4, -0.2) is 48.7 Å². The van der Waals surface area contributed by atoms with Crippen molar-refractivity contribution in [1.82, 2.24) is 10.2 Å². The van der Waals surface area contributed by atoms with Crippen molar-refractivity contribution in [2.75, 3.05) is 20.3 Å². The van der Waals surface area contributed by atoms with Crippen LogP contribution < -0.4 is 5.32 Å². The number of carbonyl (C=O) groups excluding carboxylic acids is 1. The van der Waals surface area contributed by atoms with E-state index >= 15 is 0 Å². The van der Waals surface area contributed by atoms with Gasteiger partial charge in [0, 0.05) is 12.6 Å². The second kappa shape index (κ2) is 6.89. The topological polar surface area (TPSA) is 89.2 Å². The first-order valence-corrected chi connectivity index (χ1v) is 7.50. The fourth-order valence-corrected chi connectivity index (χ4v) is 3.47. The molecule has 1 N–H and O–H groups in total. The van der Waals surface area contributed by atoms with Crippen molar-refractivity contribution in [1.29, 1.82) is 10.5 Å². The number of carbonyl (C=O) groups is 1. The molecular formula is C15H22N4O2. The predicted molar refractivity (Wildman–Crippen MR) is 76.0 cm³/mol. The Morgan fingerprint density at radius 1 is 1.29 bits per heavy atom. The van der Waals surface area contributed by atoms with E-state index in [4.69, 9.17) is 15.3 Å². The summed E-state index contributed by atoms with van der Waals surface area (Å²) in [6.45, 7) is 0.753. The van der Waals surface area contributed by atoms with Gasteiger partial charge in [0.25, 0.3) is 0 Å². The van der Waals surface area contributed by atoms with Crippen LogP contribution in [-0.2, 0) is 9.53 Å². The molecule has 2 aliphatic rings. The molecule has 114 valence electrons. The highest BCUT2D eigenvalue weighted by atomic mass is 16.5. The maximum absolute atomic E-state index is 12.4. The first-order valence-electron chi connectivity index (χ1n) is 7.50. The van der Waals surface area contributed by atoms with Gasteiger partial charge in [-0.1, -0.05) is 12.8 Å². The third-order valence-electron chi connectivity index (χ3n) is 4.57. The molecule has 0 aromatic carbocycles. The van der Waals surface area contributed by atoms with E-state index in [0.29, 0.717) is 19.4 Å². The van der Waals surface area contributed by atoms with Crippen molar-refractivity contribution in [2.45, 2.75) is 56.1 Å². The lowest BCUT2D eigenvalue weighted by Crippen LogP contribution is -2.52. The number of likely N-dealkylation sites (tertiary alicyclic amines) is 1. The molecule has 0 bridgehead atoms. The van der Waals surface area contributed by atoms with Crippen molar-refractivity contribution < 1.29 is 9.53 Å². The van der Waals surface area contributed by atoms with Gasteiger partial charge in [0.1, 0.15) is 12.1 Å². The number of nitrogens with one attached hydrogen (secondary N) is 1. The van der Waals surface area contributed by atoms with Crippen molar-refractivity contribution in [3.8, 4) is 12.1 Å². The van der Waals surface area contributed by atoms with E-state index < -0.39 is 12.1 Å². The smallest absolute Gasteiger partial charge is 0.238 e. The van der Waals surface area contributed by atoms with Crippen LogP contribution in [0.2, 0.25) is 0 Å². The SMILES string of the molecule is COCC1(NCC(=O)N2[C@H](C#N)CC[C@@H]2C#N)CCCC1. The standard InChI is InChI=1S/C15H22N4O2/c1-21-11-15(6-2-3-7-15)18-10-14(20)19-12(8-16)4-5-13(19)9-17/h12-13,18H,2-7,10-11H2,1H3/t12-,13+. The Morgan fingerprint density at radius 3 is 2.33 bits per heavy atom. The first kappa shape index (κ1) is 15.8. The highest BCUT2D eigenvalue weighted by Gasteiger charge is 2.39. The maximum Gasteiger partial charge on any atom is 0.238 e. The van der Waals surface area contributed by atoms with E-state index in [1.54, 1.807) is 7.11 Å². The Balaban J connectivity index is 1.97. The zero-order valence-electron chi connectivity index (χ0n) is 12.5. The molecule has 6 nitrogen and oxygen atoms in total. The van der Waals surface area contributed by atoms with E-state index in [9.17, 15) is 4.79 Å². The van der Waals surface area contributed by atoms with Crippen LogP contribution in [0.1, 0.15) is 38.5 Å². The second-order valence-electron chi connectivity index (χ2n) is 5.94. The Hall–Kier alpha value is -1.63. The third kappa shape index (κ3) is 3.34. The average Bonchev–Trinajstić information content (AvgIpc) is 3.11. The molecular weight excluding hydrogens is 268 g/mol. The van der Waals surface area contributed by atoms with Gasteiger partial charge in [-0.2, -0.15) is 10.5 Å². The van der Waals surface area contributed by atoms with Crippen molar-refractivity contribution in [3.05, 3.63) is 0 Å². The summed E-state index contributed by atoms with van der Waals surface area (Å²) in [4.78, 5) is 13.9. The molecule has 2 atom stereocenters. The summed E-state index contributed by atoms with van der Waals surface area (Å²) in [6, 6.07) is 3.31. The van der Waals surface area contributed by atoms with E-state index in [2.05, 4.69) is 17.5 Å². The van der Waals surface area contributed by atoms with Crippen LogP contribution in [0.4, 0.5) is 0 Å². The van der Waals surface area contributed by atoms with Crippen LogP contribution in [0.15, 0.2) is 0 Å². The fourth-order valence-electron chi connectivity index (χ4n) is 3.47. The summed E-state index contributed by atoms with van der Waals surface area (Å²) in [7, 11) is 1.67. The lowest BCUT2D eigenvalue weighted by molar-refractivity contribution is -0.131. The van der Waals surface area contributed by atoms with Crippen molar-refractivity contribution >= 4 is 5.91 Å². The molecule has 21 heavy (non-hydrogen) atoms. The van der Waals surface area contributed by atoms with Gasteiger partial charge in [0.05, 0.1) is 25.3 Å². The van der Waals surface area contributed by atoms with E-state index in [1.807, 2.05) is 0 Å². The van der Waals surface area contributed by atoms with Gasteiger partial charge in [-0.3, -0.25) is 4.79 Å². The molecule has 6 heteroatoms. The summed E-state index contributed by atoms with van der Waals surface area (Å²) in [5.41, 5.74) is -0.131. The normalized spacial score (nSPS) is 27.3. The third-order valence-corrected chi connectivity index (χ3v) is 4.57. The van der Waals surface area contributed by atoms with Gasteiger partial charge in [-0.25, -0.2) is 0 Å². The summed E-state index contributed by atoms with van der Waals surface area (Å²) in [6.07, 6.45) is 5.44. The second-order valence-corrected chi connectivity index (χ2v) is 5.94. The summed E-state index contributed by atoms with van der Waals surface area (Å²) in [5.74, 6) is -0.159. The fraction of sp³-hybridized carbons (Fsp3) is 0.800. The van der Waals surface area contributed by atoms with Crippen LogP contribution in [0.25, 0.3) is 0 Å². The number of methoxy groups -OCH3 is 1. The van der Waals surface area contributed by atoms with Gasteiger partial charge >= 0.3 is 0 Å². The molecule has 1 heterocycles. The zero-order valence-corrected chi connectivity index (χ0v) is 12.5. The average molecular weight is 290 g/mol. The molecule has 1 saturated heterocycles. The molecule has 0 aromatic heterocycles. The molecule has 1 saturated carbocycles. The lowest BCUT2D eigenvalue weighted by atomic mass is 9.99. The highest BCUT2D eigenvalue weighted by molar-refractivity contribution is 5.80. The highest BCUT2D eigenvalue weighted by Crippen LogP contribution is 2.30. The molecule has 0 spiro atoms. The lowest BCUT2D eigenvalue weighted by Gasteiger charge is -2.31. The van der Waals surface area contributed by atoms with E-state index in [1.165, 1.54) is 4.90 Å². The number of hydrogen-bond acceptors (Lipinski definition) is 5. The Kier molecular flexibility index (Phi) is 5.17. The number of amides is 1. The summed E-state index contributed by atoms with van der Waals surface area (Å²) in [5, 5.41) is 21.6. The van der Waals surface area contributed by atoms with Crippen molar-refractivity contribution in [3.63, 3.8) is 0 Å². The van der Waals surface area contributed by atoms with Crippen molar-refractivity contribution in [2.24, 2.45) is 0 Å². The van der Waals surface area contributed by atoms with E-state index in [0.717, 1.165) is 25.7 Å². The molecule has 0 aromatic rings. The minimum Gasteiger partial charge on any atom is -0.383 e. The van der Waals surface area contributed by atoms with Gasteiger partial charge in [-0.05, 0) is 25.7 Å². The first-order chi connectivity index (χ1) is 10.2. The minimum atomic E-state index is -0.467. The monoisotopic (exact) mass is 290 g/mol. The number of hydrogen-bond donors (Lipinski definition) is 1. The van der Waals surface area contributed by atoms with Gasteiger partial charge in [-0.15, -0.1) is 0 Å². The molecule has 1 aliphatic heterocycles. The molecule has 0 unspecified atom stereocenters. The molecule has 2 fully saturated rings. The molecule has 1 amide bonds. The Labute approximate surface area is 125 Å². The van der Waals surface area contributed by atoms with E-state index in [-0.39, 0.29) is 18.0 Å². The Morgan fingerprint density at radius 2 is 1.86 bits per heavy atom. The molecule has 1 aliphatic carbocycles. The number of nitriles is 2.